The molecule has 0 heterocycles. The number of phenolic OH excluding ortho intramolecular Hbond substituents is 1. The Bertz CT molecular complexity index is 1700. The van der Waals surface area contributed by atoms with E-state index in [9.17, 15) is 39.9 Å². The smallest absolute Gasteiger partial charge is 0.209 e. The molecule has 0 unspecified atom stereocenters. The van der Waals surface area contributed by atoms with Crippen molar-refractivity contribution in [1.82, 2.24) is 0 Å². The van der Waals surface area contributed by atoms with E-state index < -0.39 is 75.9 Å². The van der Waals surface area contributed by atoms with Crippen LogP contribution in [0.15, 0.2) is 89.4 Å². The third-order valence-electron chi connectivity index (χ3n) is 8.87. The Kier molecular flexibility index (Phi) is 6.02. The zero-order valence-electron chi connectivity index (χ0n) is 22.3. The summed E-state index contributed by atoms with van der Waals surface area (Å²) in [5.41, 5.74) is -1.11. The first kappa shape index (κ1) is 26.7. The molecular formula is C33H28O8. The van der Waals surface area contributed by atoms with E-state index in [-0.39, 0.29) is 11.3 Å². The first-order valence-electron chi connectivity index (χ1n) is 13.4. The molecule has 41 heavy (non-hydrogen) atoms. The fourth-order valence-electron chi connectivity index (χ4n) is 6.95. The number of benzene rings is 3. The van der Waals surface area contributed by atoms with Crippen molar-refractivity contribution in [3.63, 3.8) is 0 Å². The number of Topliss-reactive ketones (excluding diaryl/α,β-unsaturated/α-hetero) is 3. The predicted molar refractivity (Wildman–Crippen MR) is 149 cm³/mol. The molecule has 208 valence electrons. The van der Waals surface area contributed by atoms with Crippen LogP contribution in [0.5, 0.6) is 5.75 Å². The Labute approximate surface area is 235 Å². The SMILES string of the molecule is CC(=O)C1=C(O)C[C@H]2[C@H](O)[C@@H]3C(=C(O)[C@@]2(O)C1=O)C(=O)c1c(O)c(-c2ccccc2)cc(-c2ccccc2)c1[C@H]3C. The van der Waals surface area contributed by atoms with Crippen molar-refractivity contribution in [2.24, 2.45) is 11.8 Å². The molecule has 5 atom stereocenters. The number of fused-ring (bicyclic) bond motifs is 3. The molecule has 3 aliphatic carbocycles. The van der Waals surface area contributed by atoms with Crippen LogP contribution in [-0.2, 0) is 9.59 Å². The third kappa shape index (κ3) is 3.57. The Balaban J connectivity index is 1.66. The topological polar surface area (TPSA) is 152 Å². The van der Waals surface area contributed by atoms with Crippen LogP contribution in [0.25, 0.3) is 22.3 Å². The molecule has 0 bridgehead atoms. The van der Waals surface area contributed by atoms with Gasteiger partial charge in [-0.25, -0.2) is 0 Å². The summed E-state index contributed by atoms with van der Waals surface area (Å²) in [5, 5.41) is 56.9. The van der Waals surface area contributed by atoms with Gasteiger partial charge < -0.3 is 25.5 Å². The molecule has 0 aromatic heterocycles. The van der Waals surface area contributed by atoms with Crippen molar-refractivity contribution in [3.05, 3.63) is 101 Å². The Morgan fingerprint density at radius 1 is 0.902 bits per heavy atom. The molecule has 0 spiro atoms. The Morgan fingerprint density at radius 3 is 2.02 bits per heavy atom. The molecule has 0 saturated carbocycles. The molecule has 8 heteroatoms. The van der Waals surface area contributed by atoms with Crippen LogP contribution in [0, 0.1) is 11.8 Å². The monoisotopic (exact) mass is 552 g/mol. The summed E-state index contributed by atoms with van der Waals surface area (Å²) in [6, 6.07) is 20.0. The second kappa shape index (κ2) is 9.26. The van der Waals surface area contributed by atoms with Crippen molar-refractivity contribution in [2.75, 3.05) is 0 Å². The molecule has 6 rings (SSSR count). The summed E-state index contributed by atoms with van der Waals surface area (Å²) in [4.78, 5) is 39.9. The lowest BCUT2D eigenvalue weighted by molar-refractivity contribution is -0.154. The van der Waals surface area contributed by atoms with Crippen molar-refractivity contribution in [3.8, 4) is 28.0 Å². The van der Waals surface area contributed by atoms with E-state index in [1.165, 1.54) is 0 Å². The van der Waals surface area contributed by atoms with E-state index in [1.54, 1.807) is 37.3 Å². The van der Waals surface area contributed by atoms with Gasteiger partial charge >= 0.3 is 0 Å². The molecule has 3 aromatic rings. The van der Waals surface area contributed by atoms with Gasteiger partial charge in [-0.1, -0.05) is 67.6 Å². The van der Waals surface area contributed by atoms with Gasteiger partial charge in [-0.2, -0.15) is 0 Å². The molecule has 0 fully saturated rings. The zero-order valence-corrected chi connectivity index (χ0v) is 22.3. The summed E-state index contributed by atoms with van der Waals surface area (Å²) in [6.45, 7) is 2.78. The molecule has 0 saturated heterocycles. The summed E-state index contributed by atoms with van der Waals surface area (Å²) < 4.78 is 0. The number of rotatable bonds is 3. The second-order valence-corrected chi connectivity index (χ2v) is 11.0. The van der Waals surface area contributed by atoms with Crippen molar-refractivity contribution >= 4 is 17.3 Å². The maximum atomic E-state index is 14.3. The van der Waals surface area contributed by atoms with Crippen LogP contribution >= 0.6 is 0 Å². The van der Waals surface area contributed by atoms with E-state index in [0.29, 0.717) is 22.3 Å². The van der Waals surface area contributed by atoms with Crippen LogP contribution in [0.4, 0.5) is 0 Å². The van der Waals surface area contributed by atoms with E-state index in [2.05, 4.69) is 0 Å². The van der Waals surface area contributed by atoms with Crippen molar-refractivity contribution in [1.29, 1.82) is 0 Å². The number of carbonyl (C=O) groups excluding carboxylic acids is 3. The van der Waals surface area contributed by atoms with Gasteiger partial charge in [-0.3, -0.25) is 14.4 Å². The second-order valence-electron chi connectivity index (χ2n) is 11.0. The van der Waals surface area contributed by atoms with Crippen molar-refractivity contribution < 1.29 is 39.9 Å². The highest BCUT2D eigenvalue weighted by Crippen LogP contribution is 2.57. The number of phenols is 1. The number of carbonyl (C=O) groups is 3. The standard InChI is InChI=1S/C33H28O8/c1-15-23-19(17-9-5-3-6-10-17)13-20(18-11-7-4-8-12-18)28(36)26(23)30(38)27-24(15)29(37)21-14-22(35)25(16(2)34)31(39)33(21,41)32(27)40/h3-13,15,21,24,29,35-37,40-41H,14H2,1-2H3/t15-,21+,24+,29+,33+/m1/s1. The number of aliphatic hydroxyl groups is 4. The van der Waals surface area contributed by atoms with E-state index >= 15 is 0 Å². The molecule has 8 nitrogen and oxygen atoms in total. The fourth-order valence-corrected chi connectivity index (χ4v) is 6.95. The predicted octanol–water partition coefficient (Wildman–Crippen LogP) is 4.55. The first-order valence-corrected chi connectivity index (χ1v) is 13.4. The van der Waals surface area contributed by atoms with Gasteiger partial charge in [0.05, 0.1) is 11.7 Å². The summed E-state index contributed by atoms with van der Waals surface area (Å²) >= 11 is 0. The van der Waals surface area contributed by atoms with Gasteiger partial charge in [0.25, 0.3) is 0 Å². The third-order valence-corrected chi connectivity index (χ3v) is 8.87. The summed E-state index contributed by atoms with van der Waals surface area (Å²) in [6.07, 6.45) is -2.01. The van der Waals surface area contributed by atoms with Crippen LogP contribution < -0.4 is 0 Å². The number of hydrogen-bond acceptors (Lipinski definition) is 8. The molecule has 5 N–H and O–H groups in total. The number of hydrogen-bond donors (Lipinski definition) is 5. The van der Waals surface area contributed by atoms with Gasteiger partial charge in [-0.05, 0) is 41.2 Å². The van der Waals surface area contributed by atoms with E-state index in [4.69, 9.17) is 0 Å². The lowest BCUT2D eigenvalue weighted by Gasteiger charge is -2.50. The lowest BCUT2D eigenvalue weighted by atomic mass is 9.56. The highest BCUT2D eigenvalue weighted by molar-refractivity contribution is 6.25. The number of aromatic hydroxyl groups is 1. The van der Waals surface area contributed by atoms with Crippen molar-refractivity contribution in [2.45, 2.75) is 37.9 Å². The van der Waals surface area contributed by atoms with Gasteiger partial charge in [0.1, 0.15) is 22.8 Å². The quantitative estimate of drug-likeness (QED) is 0.297. The highest BCUT2D eigenvalue weighted by Gasteiger charge is 2.64. The number of ketones is 3. The zero-order chi connectivity index (χ0) is 29.4. The first-order chi connectivity index (χ1) is 19.5. The minimum atomic E-state index is -2.81. The molecular weight excluding hydrogens is 524 g/mol. The number of aliphatic hydroxyl groups excluding tert-OH is 3. The largest absolute Gasteiger partial charge is 0.511 e. The lowest BCUT2D eigenvalue weighted by Crippen LogP contribution is -2.62. The summed E-state index contributed by atoms with van der Waals surface area (Å²) in [7, 11) is 0. The normalized spacial score (nSPS) is 27.3. The van der Waals surface area contributed by atoms with Gasteiger partial charge in [0, 0.05) is 29.4 Å². The molecule has 0 aliphatic heterocycles. The summed E-state index contributed by atoms with van der Waals surface area (Å²) in [5.74, 6) is -8.00. The maximum absolute atomic E-state index is 14.3. The highest BCUT2D eigenvalue weighted by atomic mass is 16.4. The Morgan fingerprint density at radius 2 is 1.46 bits per heavy atom. The van der Waals surface area contributed by atoms with Crippen LogP contribution in [0.3, 0.4) is 0 Å². The van der Waals surface area contributed by atoms with Crippen LogP contribution in [0.1, 0.15) is 42.1 Å². The molecule has 3 aliphatic rings. The Hall–Kier alpha value is -4.53. The average molecular weight is 553 g/mol. The average Bonchev–Trinajstić information content (AvgIpc) is 2.96. The van der Waals surface area contributed by atoms with Crippen LogP contribution in [-0.4, -0.2) is 54.6 Å². The molecule has 0 radical (unpaired) electrons. The fraction of sp³-hybridized carbons (Fsp3) is 0.242. The minimum Gasteiger partial charge on any atom is -0.511 e. The van der Waals surface area contributed by atoms with E-state index in [0.717, 1.165) is 12.5 Å². The van der Waals surface area contributed by atoms with E-state index in [1.807, 2.05) is 36.4 Å². The molecule has 3 aromatic carbocycles. The maximum Gasteiger partial charge on any atom is 0.209 e. The van der Waals surface area contributed by atoms with Crippen LogP contribution in [0.2, 0.25) is 0 Å². The van der Waals surface area contributed by atoms with Gasteiger partial charge in [-0.15, -0.1) is 0 Å². The molecule has 0 amide bonds. The minimum absolute atomic E-state index is 0.0989. The van der Waals surface area contributed by atoms with Gasteiger partial charge in [0.2, 0.25) is 5.78 Å². The number of allylic oxidation sites excluding steroid dienone is 1. The van der Waals surface area contributed by atoms with Gasteiger partial charge in [0.15, 0.2) is 17.2 Å².